The maximum Gasteiger partial charge on any atom is 0.279 e. The zero-order valence-electron chi connectivity index (χ0n) is 11.2. The number of aliphatic hydroxyl groups excluding tert-OH is 1. The van der Waals surface area contributed by atoms with Crippen LogP contribution < -0.4 is 10.9 Å². The number of aliphatic hydroxyl groups is 1. The Bertz CT molecular complexity index is 450. The summed E-state index contributed by atoms with van der Waals surface area (Å²) in [6.45, 7) is 2.15. The summed E-state index contributed by atoms with van der Waals surface area (Å²) in [5, 5.41) is 10.7. The van der Waals surface area contributed by atoms with Gasteiger partial charge in [-0.1, -0.05) is 6.07 Å². The largest absolute Gasteiger partial charge is 0.396 e. The van der Waals surface area contributed by atoms with Gasteiger partial charge in [-0.05, 0) is 36.8 Å². The maximum atomic E-state index is 11.7. The van der Waals surface area contributed by atoms with Gasteiger partial charge in [0.25, 0.3) is 11.8 Å². The van der Waals surface area contributed by atoms with Crippen LogP contribution in [-0.4, -0.2) is 48.1 Å². The second kappa shape index (κ2) is 7.37. The van der Waals surface area contributed by atoms with E-state index in [9.17, 15) is 9.59 Å². The van der Waals surface area contributed by atoms with Gasteiger partial charge in [-0.2, -0.15) is 0 Å². The van der Waals surface area contributed by atoms with Gasteiger partial charge in [0.15, 0.2) is 0 Å². The molecule has 110 valence electrons. The Labute approximate surface area is 121 Å². The Morgan fingerprint density at radius 1 is 1.45 bits per heavy atom. The summed E-state index contributed by atoms with van der Waals surface area (Å²) >= 11 is 1.32. The van der Waals surface area contributed by atoms with E-state index in [1.807, 2.05) is 10.3 Å². The number of thiophene rings is 1. The molecule has 0 radical (unpaired) electrons. The SMILES string of the molecule is O=C(CN1CCC(CCO)C1)NNC(=O)c1cccs1. The van der Waals surface area contributed by atoms with E-state index >= 15 is 0 Å². The highest BCUT2D eigenvalue weighted by molar-refractivity contribution is 7.12. The molecule has 3 N–H and O–H groups in total. The van der Waals surface area contributed by atoms with Crippen molar-refractivity contribution in [1.29, 1.82) is 0 Å². The summed E-state index contributed by atoms with van der Waals surface area (Å²) in [4.78, 5) is 26.0. The molecule has 0 spiro atoms. The third kappa shape index (κ3) is 4.29. The molecule has 1 fully saturated rings. The van der Waals surface area contributed by atoms with Gasteiger partial charge < -0.3 is 5.11 Å². The van der Waals surface area contributed by atoms with Gasteiger partial charge >= 0.3 is 0 Å². The maximum absolute atomic E-state index is 11.7. The standard InChI is InChI=1S/C13H19N3O3S/c17-6-4-10-3-5-16(8-10)9-12(18)14-15-13(19)11-2-1-7-20-11/h1-2,7,10,17H,3-6,8-9H2,(H,14,18)(H,15,19). The van der Waals surface area contributed by atoms with Gasteiger partial charge in [-0.15, -0.1) is 11.3 Å². The smallest absolute Gasteiger partial charge is 0.279 e. The molecule has 1 aliphatic rings. The molecule has 20 heavy (non-hydrogen) atoms. The lowest BCUT2D eigenvalue weighted by atomic mass is 10.1. The van der Waals surface area contributed by atoms with Crippen LogP contribution in [0.2, 0.25) is 0 Å². The molecule has 1 saturated heterocycles. The van der Waals surface area contributed by atoms with Crippen molar-refractivity contribution in [3.63, 3.8) is 0 Å². The number of nitrogens with zero attached hydrogens (tertiary/aromatic N) is 1. The molecule has 0 bridgehead atoms. The average molecular weight is 297 g/mol. The fourth-order valence-electron chi connectivity index (χ4n) is 2.31. The molecular weight excluding hydrogens is 278 g/mol. The normalized spacial score (nSPS) is 18.9. The van der Waals surface area contributed by atoms with Crippen LogP contribution >= 0.6 is 11.3 Å². The fourth-order valence-corrected chi connectivity index (χ4v) is 2.93. The van der Waals surface area contributed by atoms with E-state index in [-0.39, 0.29) is 25.0 Å². The molecule has 1 atom stereocenters. The van der Waals surface area contributed by atoms with Crippen molar-refractivity contribution >= 4 is 23.2 Å². The van der Waals surface area contributed by atoms with Gasteiger partial charge in [-0.25, -0.2) is 0 Å². The van der Waals surface area contributed by atoms with Gasteiger partial charge in [0.2, 0.25) is 0 Å². The highest BCUT2D eigenvalue weighted by Gasteiger charge is 2.23. The first kappa shape index (κ1) is 15.0. The summed E-state index contributed by atoms with van der Waals surface area (Å²) in [7, 11) is 0. The number of hydrogen-bond acceptors (Lipinski definition) is 5. The van der Waals surface area contributed by atoms with Gasteiger partial charge in [0, 0.05) is 13.2 Å². The molecule has 7 heteroatoms. The lowest BCUT2D eigenvalue weighted by Crippen LogP contribution is -2.45. The van der Waals surface area contributed by atoms with Crippen LogP contribution in [0, 0.1) is 5.92 Å². The number of rotatable bonds is 5. The summed E-state index contributed by atoms with van der Waals surface area (Å²) in [5.74, 6) is -0.0546. The Balaban J connectivity index is 1.67. The molecular formula is C13H19N3O3S. The third-order valence-electron chi connectivity index (χ3n) is 3.33. The van der Waals surface area contributed by atoms with E-state index in [1.54, 1.807) is 12.1 Å². The number of carbonyl (C=O) groups excluding carboxylic acids is 2. The lowest BCUT2D eigenvalue weighted by Gasteiger charge is -2.15. The predicted molar refractivity (Wildman–Crippen MR) is 76.2 cm³/mol. The van der Waals surface area contributed by atoms with Crippen molar-refractivity contribution in [2.45, 2.75) is 12.8 Å². The molecule has 0 aromatic carbocycles. The molecule has 2 amide bonds. The van der Waals surface area contributed by atoms with Crippen LogP contribution in [0.25, 0.3) is 0 Å². The van der Waals surface area contributed by atoms with Crippen LogP contribution in [0.15, 0.2) is 17.5 Å². The van der Waals surface area contributed by atoms with E-state index in [1.165, 1.54) is 11.3 Å². The van der Waals surface area contributed by atoms with Crippen molar-refractivity contribution in [3.05, 3.63) is 22.4 Å². The van der Waals surface area contributed by atoms with Crippen LogP contribution in [0.5, 0.6) is 0 Å². The fraction of sp³-hybridized carbons (Fsp3) is 0.538. The summed E-state index contributed by atoms with van der Waals surface area (Å²) in [6, 6.07) is 3.49. The summed E-state index contributed by atoms with van der Waals surface area (Å²) in [5.41, 5.74) is 4.82. The van der Waals surface area contributed by atoms with E-state index < -0.39 is 0 Å². The zero-order chi connectivity index (χ0) is 14.4. The molecule has 1 unspecified atom stereocenters. The molecule has 6 nitrogen and oxygen atoms in total. The number of nitrogens with one attached hydrogen (secondary N) is 2. The Kier molecular flexibility index (Phi) is 5.51. The predicted octanol–water partition coefficient (Wildman–Crippen LogP) is 0.213. The summed E-state index contributed by atoms with van der Waals surface area (Å²) < 4.78 is 0. The minimum absolute atomic E-state index is 0.196. The van der Waals surface area contributed by atoms with E-state index in [4.69, 9.17) is 5.11 Å². The van der Waals surface area contributed by atoms with Crippen LogP contribution in [-0.2, 0) is 4.79 Å². The molecule has 0 saturated carbocycles. The Morgan fingerprint density at radius 2 is 2.30 bits per heavy atom. The quantitative estimate of drug-likeness (QED) is 0.679. The minimum atomic E-state index is -0.298. The molecule has 2 rings (SSSR count). The molecule has 1 aliphatic heterocycles. The highest BCUT2D eigenvalue weighted by Crippen LogP contribution is 2.18. The Hall–Kier alpha value is -1.44. The first-order valence-electron chi connectivity index (χ1n) is 6.65. The molecule has 1 aromatic rings. The topological polar surface area (TPSA) is 81.7 Å². The van der Waals surface area contributed by atoms with Crippen LogP contribution in [0.3, 0.4) is 0 Å². The number of carbonyl (C=O) groups is 2. The first-order chi connectivity index (χ1) is 9.69. The highest BCUT2D eigenvalue weighted by atomic mass is 32.1. The number of likely N-dealkylation sites (tertiary alicyclic amines) is 1. The monoisotopic (exact) mass is 297 g/mol. The zero-order valence-corrected chi connectivity index (χ0v) is 12.0. The van der Waals surface area contributed by atoms with Crippen LogP contribution in [0.4, 0.5) is 0 Å². The molecule has 0 aliphatic carbocycles. The second-order valence-electron chi connectivity index (χ2n) is 4.88. The van der Waals surface area contributed by atoms with E-state index in [0.29, 0.717) is 10.8 Å². The first-order valence-corrected chi connectivity index (χ1v) is 7.53. The molecule has 2 heterocycles. The van der Waals surface area contributed by atoms with Crippen molar-refractivity contribution in [3.8, 4) is 0 Å². The number of hydrazine groups is 1. The van der Waals surface area contributed by atoms with Crippen molar-refractivity contribution in [2.75, 3.05) is 26.2 Å². The van der Waals surface area contributed by atoms with Crippen molar-refractivity contribution in [1.82, 2.24) is 15.8 Å². The molecule has 1 aromatic heterocycles. The van der Waals surface area contributed by atoms with E-state index in [2.05, 4.69) is 10.9 Å². The van der Waals surface area contributed by atoms with Gasteiger partial charge in [0.05, 0.1) is 11.4 Å². The van der Waals surface area contributed by atoms with Crippen molar-refractivity contribution < 1.29 is 14.7 Å². The minimum Gasteiger partial charge on any atom is -0.396 e. The Morgan fingerprint density at radius 3 is 3.00 bits per heavy atom. The van der Waals surface area contributed by atoms with Crippen molar-refractivity contribution in [2.24, 2.45) is 5.92 Å². The second-order valence-corrected chi connectivity index (χ2v) is 5.83. The number of amides is 2. The summed E-state index contributed by atoms with van der Waals surface area (Å²) in [6.07, 6.45) is 1.79. The van der Waals surface area contributed by atoms with Crippen LogP contribution in [0.1, 0.15) is 22.5 Å². The lowest BCUT2D eigenvalue weighted by molar-refractivity contribution is -0.122. The van der Waals surface area contributed by atoms with Gasteiger partial charge in [-0.3, -0.25) is 25.3 Å². The third-order valence-corrected chi connectivity index (χ3v) is 4.20. The average Bonchev–Trinajstić information content (AvgIpc) is 3.08. The number of hydrogen-bond donors (Lipinski definition) is 3. The van der Waals surface area contributed by atoms with E-state index in [0.717, 1.165) is 25.9 Å². The van der Waals surface area contributed by atoms with Gasteiger partial charge in [0.1, 0.15) is 0 Å².